The van der Waals surface area contributed by atoms with Crippen molar-refractivity contribution in [1.29, 1.82) is 0 Å². The smallest absolute Gasteiger partial charge is 0.322 e. The van der Waals surface area contributed by atoms with Gasteiger partial charge in [0.05, 0.1) is 5.69 Å². The molecule has 0 aliphatic rings. The van der Waals surface area contributed by atoms with E-state index in [-0.39, 0.29) is 17.3 Å². The van der Waals surface area contributed by atoms with Crippen molar-refractivity contribution in [1.82, 2.24) is 20.2 Å². The van der Waals surface area contributed by atoms with Gasteiger partial charge in [-0.3, -0.25) is 4.79 Å². The number of ether oxygens (including phenoxy) is 1. The highest BCUT2D eigenvalue weighted by atomic mass is 19.2. The zero-order valence-corrected chi connectivity index (χ0v) is 11.0. The highest BCUT2D eigenvalue weighted by molar-refractivity contribution is 5.55. The Bertz CT molecular complexity index is 845. The summed E-state index contributed by atoms with van der Waals surface area (Å²) in [4.78, 5) is 18.7. The van der Waals surface area contributed by atoms with Crippen molar-refractivity contribution < 1.29 is 13.5 Å². The van der Waals surface area contributed by atoms with E-state index in [0.717, 1.165) is 6.07 Å². The lowest BCUT2D eigenvalue weighted by atomic mass is 10.2. The van der Waals surface area contributed by atoms with Gasteiger partial charge >= 0.3 is 6.01 Å². The lowest BCUT2D eigenvalue weighted by Crippen LogP contribution is -2.05. The van der Waals surface area contributed by atoms with E-state index < -0.39 is 11.6 Å². The average molecular weight is 302 g/mol. The SMILES string of the molecule is O=c1ccc(-c2cnc(Oc3cccc(F)c3F)nc2)n[nH]1. The van der Waals surface area contributed by atoms with Crippen molar-refractivity contribution >= 4 is 0 Å². The molecular weight excluding hydrogens is 294 g/mol. The third-order valence-electron chi connectivity index (χ3n) is 2.72. The van der Waals surface area contributed by atoms with Crippen LogP contribution < -0.4 is 10.3 Å². The van der Waals surface area contributed by atoms with Crippen molar-refractivity contribution in [2.24, 2.45) is 0 Å². The van der Waals surface area contributed by atoms with Crippen LogP contribution in [0.15, 0.2) is 47.5 Å². The molecule has 2 aromatic heterocycles. The summed E-state index contributed by atoms with van der Waals surface area (Å²) in [5.41, 5.74) is 0.664. The zero-order valence-electron chi connectivity index (χ0n) is 11.0. The molecule has 3 rings (SSSR count). The first-order valence-electron chi connectivity index (χ1n) is 6.13. The largest absolute Gasteiger partial charge is 0.421 e. The fraction of sp³-hybridized carbons (Fsp3) is 0. The van der Waals surface area contributed by atoms with Crippen LogP contribution in [-0.2, 0) is 0 Å². The second kappa shape index (κ2) is 5.68. The van der Waals surface area contributed by atoms with Gasteiger partial charge in [-0.2, -0.15) is 9.49 Å². The maximum absolute atomic E-state index is 13.5. The second-order valence-electron chi connectivity index (χ2n) is 4.21. The Morgan fingerprint density at radius 2 is 1.82 bits per heavy atom. The second-order valence-corrected chi connectivity index (χ2v) is 4.21. The van der Waals surface area contributed by atoms with Crippen molar-refractivity contribution in [3.63, 3.8) is 0 Å². The number of aromatic nitrogens is 4. The van der Waals surface area contributed by atoms with Crippen LogP contribution in [0.5, 0.6) is 11.8 Å². The van der Waals surface area contributed by atoms with Gasteiger partial charge in [-0.05, 0) is 18.2 Å². The van der Waals surface area contributed by atoms with Crippen LogP contribution >= 0.6 is 0 Å². The predicted octanol–water partition coefficient (Wildman–Crippen LogP) is 2.30. The van der Waals surface area contributed by atoms with Gasteiger partial charge in [0.2, 0.25) is 5.82 Å². The highest BCUT2D eigenvalue weighted by Crippen LogP contribution is 2.24. The van der Waals surface area contributed by atoms with Crippen LogP contribution in [0.3, 0.4) is 0 Å². The first-order chi connectivity index (χ1) is 10.6. The van der Waals surface area contributed by atoms with Gasteiger partial charge in [-0.15, -0.1) is 0 Å². The van der Waals surface area contributed by atoms with Crippen LogP contribution in [0.1, 0.15) is 0 Å². The number of halogens is 2. The molecule has 0 spiro atoms. The van der Waals surface area contributed by atoms with Crippen LogP contribution in [0.25, 0.3) is 11.3 Å². The number of benzene rings is 1. The maximum Gasteiger partial charge on any atom is 0.322 e. The number of H-pyrrole nitrogens is 1. The summed E-state index contributed by atoms with van der Waals surface area (Å²) >= 11 is 0. The summed E-state index contributed by atoms with van der Waals surface area (Å²) in [7, 11) is 0. The Balaban J connectivity index is 1.84. The third kappa shape index (κ3) is 2.80. The van der Waals surface area contributed by atoms with Gasteiger partial charge in [-0.25, -0.2) is 19.5 Å². The normalized spacial score (nSPS) is 10.5. The number of rotatable bonds is 3. The summed E-state index contributed by atoms with van der Waals surface area (Å²) in [6.45, 7) is 0. The highest BCUT2D eigenvalue weighted by Gasteiger charge is 2.11. The van der Waals surface area contributed by atoms with Crippen LogP contribution in [0.2, 0.25) is 0 Å². The molecule has 0 aliphatic carbocycles. The minimum Gasteiger partial charge on any atom is -0.421 e. The molecule has 0 atom stereocenters. The Labute approximate surface area is 122 Å². The Hall–Kier alpha value is -3.16. The molecule has 0 amide bonds. The van der Waals surface area contributed by atoms with Gasteiger partial charge in [-0.1, -0.05) is 6.07 Å². The number of aromatic amines is 1. The van der Waals surface area contributed by atoms with E-state index in [1.807, 2.05) is 0 Å². The molecule has 3 aromatic rings. The molecular formula is C14H8F2N4O2. The van der Waals surface area contributed by atoms with E-state index in [1.165, 1.54) is 36.7 Å². The minimum atomic E-state index is -1.11. The first-order valence-corrected chi connectivity index (χ1v) is 6.13. The summed E-state index contributed by atoms with van der Waals surface area (Å²) in [6, 6.07) is 6.23. The van der Waals surface area contributed by atoms with Crippen molar-refractivity contribution in [2.75, 3.05) is 0 Å². The molecule has 0 saturated carbocycles. The molecule has 0 unspecified atom stereocenters. The van der Waals surface area contributed by atoms with Gasteiger partial charge in [0.1, 0.15) is 0 Å². The van der Waals surface area contributed by atoms with E-state index in [9.17, 15) is 13.6 Å². The number of hydrogen-bond donors (Lipinski definition) is 1. The lowest BCUT2D eigenvalue weighted by molar-refractivity contribution is 0.393. The Morgan fingerprint density at radius 3 is 2.50 bits per heavy atom. The standard InChI is InChI=1S/C14H8F2N4O2/c15-9-2-1-3-11(13(9)16)22-14-17-6-8(7-18-14)10-4-5-12(21)20-19-10/h1-7H,(H,20,21). The van der Waals surface area contributed by atoms with E-state index in [2.05, 4.69) is 20.2 Å². The number of nitrogens with one attached hydrogen (secondary N) is 1. The molecule has 2 heterocycles. The summed E-state index contributed by atoms with van der Waals surface area (Å²) in [6.07, 6.45) is 2.78. The first kappa shape index (κ1) is 13.8. The fourth-order valence-electron chi connectivity index (χ4n) is 1.67. The van der Waals surface area contributed by atoms with E-state index in [1.54, 1.807) is 0 Å². The van der Waals surface area contributed by atoms with Crippen LogP contribution in [-0.4, -0.2) is 20.2 Å². The fourth-order valence-corrected chi connectivity index (χ4v) is 1.67. The maximum atomic E-state index is 13.5. The molecule has 0 aliphatic heterocycles. The minimum absolute atomic E-state index is 0.141. The Kier molecular flexibility index (Phi) is 3.57. The van der Waals surface area contributed by atoms with Gasteiger partial charge in [0.15, 0.2) is 11.6 Å². The van der Waals surface area contributed by atoms with Gasteiger partial charge < -0.3 is 4.74 Å². The summed E-state index contributed by atoms with van der Waals surface area (Å²) in [5, 5.41) is 6.10. The quantitative estimate of drug-likeness (QED) is 0.803. The zero-order chi connectivity index (χ0) is 15.5. The summed E-state index contributed by atoms with van der Waals surface area (Å²) < 4.78 is 31.6. The molecule has 0 saturated heterocycles. The van der Waals surface area contributed by atoms with Gasteiger partial charge in [0, 0.05) is 24.0 Å². The Morgan fingerprint density at radius 1 is 1.05 bits per heavy atom. The molecule has 8 heteroatoms. The van der Waals surface area contributed by atoms with Crippen molar-refractivity contribution in [3.05, 3.63) is 64.7 Å². The molecule has 110 valence electrons. The summed E-state index contributed by atoms with van der Waals surface area (Å²) in [5.74, 6) is -2.45. The van der Waals surface area contributed by atoms with E-state index in [4.69, 9.17) is 4.74 Å². The van der Waals surface area contributed by atoms with E-state index in [0.29, 0.717) is 11.3 Å². The monoisotopic (exact) mass is 302 g/mol. The van der Waals surface area contributed by atoms with E-state index >= 15 is 0 Å². The molecule has 0 radical (unpaired) electrons. The predicted molar refractivity (Wildman–Crippen MR) is 72.3 cm³/mol. The van der Waals surface area contributed by atoms with Gasteiger partial charge in [0.25, 0.3) is 5.56 Å². The molecule has 0 fully saturated rings. The molecule has 1 N–H and O–H groups in total. The number of hydrogen-bond acceptors (Lipinski definition) is 5. The third-order valence-corrected chi connectivity index (χ3v) is 2.72. The lowest BCUT2D eigenvalue weighted by Gasteiger charge is -2.05. The molecule has 22 heavy (non-hydrogen) atoms. The van der Waals surface area contributed by atoms with Crippen LogP contribution in [0.4, 0.5) is 8.78 Å². The van der Waals surface area contributed by atoms with Crippen molar-refractivity contribution in [2.45, 2.75) is 0 Å². The molecule has 6 nitrogen and oxygen atoms in total. The van der Waals surface area contributed by atoms with Crippen molar-refractivity contribution in [3.8, 4) is 23.0 Å². The molecule has 0 bridgehead atoms. The average Bonchev–Trinajstić information content (AvgIpc) is 2.53. The number of nitrogens with zero attached hydrogens (tertiary/aromatic N) is 3. The van der Waals surface area contributed by atoms with Crippen LogP contribution in [0, 0.1) is 11.6 Å². The topological polar surface area (TPSA) is 80.8 Å². The molecule has 1 aromatic carbocycles.